The van der Waals surface area contributed by atoms with Crippen molar-refractivity contribution in [3.63, 3.8) is 0 Å². The Morgan fingerprint density at radius 2 is 1.85 bits per heavy atom. The summed E-state index contributed by atoms with van der Waals surface area (Å²) >= 11 is 1.74. The zero-order valence-corrected chi connectivity index (χ0v) is 25.1. The molecule has 5 fully saturated rings. The summed E-state index contributed by atoms with van der Waals surface area (Å²) < 4.78 is 0. The van der Waals surface area contributed by atoms with Gasteiger partial charge < -0.3 is 20.9 Å². The number of benzene rings is 1. The van der Waals surface area contributed by atoms with E-state index in [1.165, 1.54) is 68.5 Å². The van der Waals surface area contributed by atoms with E-state index < -0.39 is 0 Å². The predicted molar refractivity (Wildman–Crippen MR) is 163 cm³/mol. The quantitative estimate of drug-likeness (QED) is 0.317. The number of anilines is 2. The molecule has 0 radical (unpaired) electrons. The van der Waals surface area contributed by atoms with Crippen molar-refractivity contribution in [2.24, 2.45) is 23.2 Å². The molecule has 1 aliphatic heterocycles. The van der Waals surface area contributed by atoms with Crippen LogP contribution < -0.4 is 16.0 Å². The second-order valence-electron chi connectivity index (χ2n) is 13.2. The average molecular weight is 560 g/mol. The Labute approximate surface area is 244 Å². The van der Waals surface area contributed by atoms with E-state index in [0.29, 0.717) is 47.4 Å². The Bertz CT molecular complexity index is 1200. The van der Waals surface area contributed by atoms with E-state index in [-0.39, 0.29) is 0 Å². The van der Waals surface area contributed by atoms with E-state index in [0.717, 1.165) is 24.3 Å². The normalized spacial score (nSPS) is 30.0. The first-order chi connectivity index (χ1) is 19.4. The van der Waals surface area contributed by atoms with Crippen LogP contribution in [0.15, 0.2) is 35.4 Å². The van der Waals surface area contributed by atoms with Crippen LogP contribution in [-0.4, -0.2) is 58.9 Å². The summed E-state index contributed by atoms with van der Waals surface area (Å²) in [6, 6.07) is 12.7. The number of piperidine rings is 1. The van der Waals surface area contributed by atoms with Gasteiger partial charge in [-0.2, -0.15) is 10.2 Å². The third kappa shape index (κ3) is 5.84. The molecule has 5 atom stereocenters. The summed E-state index contributed by atoms with van der Waals surface area (Å²) in [5, 5.41) is 21.0. The first-order valence-corrected chi connectivity index (χ1v) is 16.5. The molecule has 0 spiro atoms. The molecule has 4 aliphatic carbocycles. The summed E-state index contributed by atoms with van der Waals surface area (Å²) in [7, 11) is 0. The maximum absolute atomic E-state index is 9.78. The molecule has 0 amide bonds. The second kappa shape index (κ2) is 11.9. The molecule has 3 N–H and O–H groups in total. The molecule has 7 rings (SSSR count). The molecule has 1 unspecified atom stereocenters. The minimum Gasteiger partial charge on any atom is -0.368 e. The van der Waals surface area contributed by atoms with Crippen molar-refractivity contribution in [3.05, 3.63) is 41.6 Å². The topological polar surface area (TPSA) is 88.9 Å². The Balaban J connectivity index is 1.08. The van der Waals surface area contributed by atoms with Crippen LogP contribution in [0.3, 0.4) is 0 Å². The summed E-state index contributed by atoms with van der Waals surface area (Å²) in [6.45, 7) is 8.66. The number of nitrogens with one attached hydrogen (secondary N) is 3. The molecule has 214 valence electrons. The van der Waals surface area contributed by atoms with Gasteiger partial charge in [-0.15, -0.1) is 11.8 Å². The maximum atomic E-state index is 9.78. The molecule has 7 nitrogen and oxygen atoms in total. The molecule has 8 heteroatoms. The SMILES string of the molecule is CSc1ccccc1CNc1ncc(C#N)c(NC[C@]23CC4C[C@H](C2)[C@@H](NC2CCN(C(C)C)CC2)[C@@H](C4)C3)n1. The third-order valence-electron chi connectivity index (χ3n) is 10.3. The summed E-state index contributed by atoms with van der Waals surface area (Å²) in [4.78, 5) is 13.1. The van der Waals surface area contributed by atoms with Crippen LogP contribution >= 0.6 is 11.8 Å². The van der Waals surface area contributed by atoms with Gasteiger partial charge in [0.1, 0.15) is 17.5 Å². The van der Waals surface area contributed by atoms with Gasteiger partial charge in [-0.05, 0) is 113 Å². The summed E-state index contributed by atoms with van der Waals surface area (Å²) in [5.74, 6) is 3.65. The van der Waals surface area contributed by atoms with Gasteiger partial charge in [-0.1, -0.05) is 18.2 Å². The fraction of sp³-hybridized carbons (Fsp3) is 0.656. The molecule has 4 bridgehead atoms. The van der Waals surface area contributed by atoms with Gasteiger partial charge in [-0.25, -0.2) is 4.98 Å². The number of likely N-dealkylation sites (tertiary alicyclic amines) is 1. The van der Waals surface area contributed by atoms with Crippen molar-refractivity contribution in [3.8, 4) is 6.07 Å². The van der Waals surface area contributed by atoms with Crippen molar-refractivity contribution < 1.29 is 0 Å². The van der Waals surface area contributed by atoms with Crippen LogP contribution in [0.1, 0.15) is 69.9 Å². The van der Waals surface area contributed by atoms with E-state index in [9.17, 15) is 5.26 Å². The second-order valence-corrected chi connectivity index (χ2v) is 14.0. The van der Waals surface area contributed by atoms with E-state index in [2.05, 4.69) is 76.3 Å². The highest BCUT2D eigenvalue weighted by Crippen LogP contribution is 2.60. The lowest BCUT2D eigenvalue weighted by Gasteiger charge is -2.61. The largest absolute Gasteiger partial charge is 0.368 e. The lowest BCUT2D eigenvalue weighted by Crippen LogP contribution is -2.62. The molecule has 4 saturated carbocycles. The highest BCUT2D eigenvalue weighted by atomic mass is 32.2. The Hall–Kier alpha value is -2.34. The van der Waals surface area contributed by atoms with Crippen LogP contribution in [0.5, 0.6) is 0 Å². The number of aromatic nitrogens is 2. The average Bonchev–Trinajstić information content (AvgIpc) is 2.97. The van der Waals surface area contributed by atoms with Gasteiger partial charge in [0.2, 0.25) is 5.95 Å². The molecule has 5 aliphatic rings. The smallest absolute Gasteiger partial charge is 0.224 e. The van der Waals surface area contributed by atoms with E-state index in [1.54, 1.807) is 18.0 Å². The van der Waals surface area contributed by atoms with Crippen LogP contribution in [0.2, 0.25) is 0 Å². The lowest BCUT2D eigenvalue weighted by molar-refractivity contribution is -0.0736. The first kappa shape index (κ1) is 27.8. The third-order valence-corrected chi connectivity index (χ3v) is 11.1. The van der Waals surface area contributed by atoms with Gasteiger partial charge in [-0.3, -0.25) is 0 Å². The molecule has 1 aromatic heterocycles. The molecule has 40 heavy (non-hydrogen) atoms. The van der Waals surface area contributed by atoms with Gasteiger partial charge in [0.05, 0.1) is 6.20 Å². The molecular formula is C32H45N7S. The molecule has 1 saturated heterocycles. The van der Waals surface area contributed by atoms with Crippen molar-refractivity contribution in [1.29, 1.82) is 5.26 Å². The highest BCUT2D eigenvalue weighted by molar-refractivity contribution is 7.98. The summed E-state index contributed by atoms with van der Waals surface area (Å²) in [5.41, 5.74) is 2.06. The number of hydrogen-bond donors (Lipinski definition) is 3. The number of nitriles is 1. The highest BCUT2D eigenvalue weighted by Gasteiger charge is 2.55. The Kier molecular flexibility index (Phi) is 8.26. The molecular weight excluding hydrogens is 514 g/mol. The fourth-order valence-corrected chi connectivity index (χ4v) is 9.13. The van der Waals surface area contributed by atoms with Gasteiger partial charge in [0, 0.05) is 36.1 Å². The van der Waals surface area contributed by atoms with Gasteiger partial charge >= 0.3 is 0 Å². The number of nitrogens with zero attached hydrogens (tertiary/aromatic N) is 4. The van der Waals surface area contributed by atoms with Gasteiger partial charge in [0.25, 0.3) is 0 Å². The van der Waals surface area contributed by atoms with Crippen LogP contribution in [-0.2, 0) is 6.54 Å². The van der Waals surface area contributed by atoms with Crippen LogP contribution in [0, 0.1) is 34.5 Å². The Morgan fingerprint density at radius 3 is 2.55 bits per heavy atom. The van der Waals surface area contributed by atoms with Crippen molar-refractivity contribution >= 4 is 23.5 Å². The van der Waals surface area contributed by atoms with Crippen molar-refractivity contribution in [2.45, 2.75) is 88.4 Å². The van der Waals surface area contributed by atoms with E-state index >= 15 is 0 Å². The zero-order valence-electron chi connectivity index (χ0n) is 24.3. The van der Waals surface area contributed by atoms with Gasteiger partial charge in [0.15, 0.2) is 0 Å². The molecule has 2 heterocycles. The maximum Gasteiger partial charge on any atom is 0.224 e. The Morgan fingerprint density at radius 1 is 1.10 bits per heavy atom. The van der Waals surface area contributed by atoms with Crippen LogP contribution in [0.4, 0.5) is 11.8 Å². The lowest BCUT2D eigenvalue weighted by atomic mass is 9.48. The molecule has 1 aromatic carbocycles. The van der Waals surface area contributed by atoms with E-state index in [4.69, 9.17) is 4.98 Å². The minimum atomic E-state index is 0.318. The monoisotopic (exact) mass is 559 g/mol. The van der Waals surface area contributed by atoms with E-state index in [1.807, 2.05) is 0 Å². The summed E-state index contributed by atoms with van der Waals surface area (Å²) in [6.07, 6.45) is 13.0. The number of hydrogen-bond acceptors (Lipinski definition) is 8. The predicted octanol–water partition coefficient (Wildman–Crippen LogP) is 5.75. The minimum absolute atomic E-state index is 0.318. The standard InChI is InChI=1S/C32H45N7S/c1-21(2)39-10-8-27(9-11-39)37-29-24-12-22-13-25(29)16-32(14-22,15-24)20-36-30-26(17-33)19-35-31(38-30)34-18-23-6-4-5-7-28(23)40-3/h4-7,19,21-22,24-25,27,29,37H,8-16,18,20H2,1-3H3,(H2,34,35,36,38)/t22?,24-,25+,29-,32-. The first-order valence-electron chi connectivity index (χ1n) is 15.3. The molecule has 2 aromatic rings. The van der Waals surface area contributed by atoms with Crippen molar-refractivity contribution in [2.75, 3.05) is 36.5 Å². The fourth-order valence-electron chi connectivity index (χ4n) is 8.51. The van der Waals surface area contributed by atoms with Crippen LogP contribution in [0.25, 0.3) is 0 Å². The number of thioether (sulfide) groups is 1. The van der Waals surface area contributed by atoms with Crippen molar-refractivity contribution in [1.82, 2.24) is 20.2 Å². The zero-order chi connectivity index (χ0) is 27.7. The number of rotatable bonds is 10.